The van der Waals surface area contributed by atoms with Crippen molar-refractivity contribution < 1.29 is 184 Å². The molecule has 0 amide bonds. The van der Waals surface area contributed by atoms with Gasteiger partial charge in [-0.25, -0.2) is 23.0 Å². The Balaban J connectivity index is -0.00000225. The van der Waals surface area contributed by atoms with Crippen LogP contribution in [0.5, 0.6) is 5.88 Å². The Morgan fingerprint density at radius 1 is 1.15 bits per heavy atom. The van der Waals surface area contributed by atoms with Crippen molar-refractivity contribution in [2.24, 2.45) is 0 Å². The maximum absolute atomic E-state index is 14.2. The SMILES string of the molecule is O=c1nc([O-])ccn1[C@@H]1O[C@H](COP(=O)([O-])OP(=O)(O)OP(=O)([O-])[O-])[C@@H](O)[C@H]1F.[Na+].[Na+].[Na+].[Na+]. The van der Waals surface area contributed by atoms with Crippen LogP contribution in [0.15, 0.2) is 17.1 Å². The van der Waals surface area contributed by atoms with Crippen LogP contribution in [0.1, 0.15) is 6.23 Å². The van der Waals surface area contributed by atoms with Crippen molar-refractivity contribution in [1.82, 2.24) is 9.55 Å². The van der Waals surface area contributed by atoms with Gasteiger partial charge in [0.05, 0.1) is 14.4 Å². The Kier molecular flexibility index (Phi) is 19.8. The first-order chi connectivity index (χ1) is 13.1. The number of aliphatic hydroxyl groups is 1. The summed E-state index contributed by atoms with van der Waals surface area (Å²) in [7, 11) is -17.9. The first kappa shape index (κ1) is 40.4. The minimum atomic E-state index is -6.11. The number of hydrogen-bond acceptors (Lipinski definition) is 14. The molecule has 0 saturated carbocycles. The quantitative estimate of drug-likeness (QED) is 0.216. The van der Waals surface area contributed by atoms with E-state index in [0.29, 0.717) is 4.57 Å². The molecule has 33 heavy (non-hydrogen) atoms. The second kappa shape index (κ2) is 16.1. The van der Waals surface area contributed by atoms with Crippen LogP contribution in [0.3, 0.4) is 0 Å². The average Bonchev–Trinajstić information content (AvgIpc) is 2.78. The molecule has 166 valence electrons. The van der Waals surface area contributed by atoms with Crippen molar-refractivity contribution in [3.05, 3.63) is 22.7 Å². The zero-order chi connectivity index (χ0) is 22.2. The van der Waals surface area contributed by atoms with Gasteiger partial charge in [-0.3, -0.25) is 13.4 Å². The van der Waals surface area contributed by atoms with Crippen LogP contribution in [0.4, 0.5) is 4.39 Å². The Hall–Kier alpha value is 2.94. The summed E-state index contributed by atoms with van der Waals surface area (Å²) < 4.78 is 63.1. The predicted octanol–water partition coefficient (Wildman–Crippen LogP) is -15.6. The monoisotopic (exact) mass is 574 g/mol. The molecule has 1 fully saturated rings. The summed E-state index contributed by atoms with van der Waals surface area (Å²) in [6.07, 6.45) is -7.17. The number of aliphatic hydroxyl groups excluding tert-OH is 1. The van der Waals surface area contributed by atoms with Crippen LogP contribution in [0, 0.1) is 0 Å². The number of phosphoric ester groups is 1. The maximum atomic E-state index is 14.2. The van der Waals surface area contributed by atoms with Crippen LogP contribution >= 0.6 is 23.5 Å². The molecule has 6 atom stereocenters. The molecular weight excluding hydrogens is 564 g/mol. The molecule has 0 aromatic carbocycles. The van der Waals surface area contributed by atoms with Crippen LogP contribution in [0.2, 0.25) is 0 Å². The number of alkyl halides is 1. The summed E-state index contributed by atoms with van der Waals surface area (Å²) in [5.41, 5.74) is -1.23. The molecule has 1 aliphatic heterocycles. The molecule has 2 rings (SSSR count). The summed E-state index contributed by atoms with van der Waals surface area (Å²) in [6, 6.07) is 0.789. The van der Waals surface area contributed by atoms with E-state index in [1.165, 1.54) is 0 Å². The van der Waals surface area contributed by atoms with E-state index in [1.54, 1.807) is 0 Å². The van der Waals surface area contributed by atoms with E-state index in [2.05, 4.69) is 18.1 Å². The maximum Gasteiger partial charge on any atom is 1.00 e. The molecule has 1 saturated heterocycles. The van der Waals surface area contributed by atoms with Gasteiger partial charge in [0.2, 0.25) is 0 Å². The molecule has 24 heteroatoms. The summed E-state index contributed by atoms with van der Waals surface area (Å²) in [5.74, 6) is -0.930. The van der Waals surface area contributed by atoms with Gasteiger partial charge in [0.15, 0.2) is 12.4 Å². The molecule has 2 N–H and O–H groups in total. The number of rotatable bonds is 8. The van der Waals surface area contributed by atoms with E-state index in [9.17, 15) is 47.8 Å². The predicted molar refractivity (Wildman–Crippen MR) is 75.9 cm³/mol. The number of phosphoric acid groups is 3. The molecule has 0 spiro atoms. The Morgan fingerprint density at radius 3 is 2.18 bits per heavy atom. The van der Waals surface area contributed by atoms with Crippen molar-refractivity contribution in [2.45, 2.75) is 24.6 Å². The van der Waals surface area contributed by atoms with E-state index in [0.717, 1.165) is 12.3 Å². The number of nitrogens with zero attached hydrogens (tertiary/aromatic N) is 2. The van der Waals surface area contributed by atoms with Crippen molar-refractivity contribution in [3.8, 4) is 5.88 Å². The molecule has 0 aliphatic carbocycles. The minimum absolute atomic E-state index is 0. The van der Waals surface area contributed by atoms with Gasteiger partial charge in [-0.2, -0.15) is 0 Å². The Labute approximate surface area is 273 Å². The Bertz CT molecular complexity index is 966. The summed E-state index contributed by atoms with van der Waals surface area (Å²) in [4.78, 5) is 55.5. The Morgan fingerprint density at radius 2 is 1.70 bits per heavy atom. The second-order valence-corrected chi connectivity index (χ2v) is 9.57. The number of ether oxygens (including phenoxy) is 1. The van der Waals surface area contributed by atoms with Gasteiger partial charge in [-0.15, -0.1) is 0 Å². The van der Waals surface area contributed by atoms with Crippen molar-refractivity contribution in [1.29, 1.82) is 0 Å². The average molecular weight is 574 g/mol. The van der Waals surface area contributed by atoms with Gasteiger partial charge in [0, 0.05) is 6.20 Å². The van der Waals surface area contributed by atoms with Crippen molar-refractivity contribution >= 4 is 23.5 Å². The van der Waals surface area contributed by atoms with E-state index < -0.39 is 66.3 Å². The molecule has 2 heterocycles. The van der Waals surface area contributed by atoms with Crippen LogP contribution in [-0.2, 0) is 31.6 Å². The third-order valence-corrected chi connectivity index (χ3v) is 6.89. The molecule has 2 unspecified atom stereocenters. The van der Waals surface area contributed by atoms with E-state index >= 15 is 0 Å². The topological polar surface area (TPSA) is 256 Å². The molecule has 1 aromatic heterocycles. The number of halogens is 1. The fraction of sp³-hybridized carbons (Fsp3) is 0.556. The molecule has 0 radical (unpaired) electrons. The number of aromatic nitrogens is 2. The minimum Gasteiger partial charge on any atom is -0.858 e. The van der Waals surface area contributed by atoms with E-state index in [-0.39, 0.29) is 118 Å². The zero-order valence-corrected chi connectivity index (χ0v) is 28.3. The largest absolute Gasteiger partial charge is 1.00 e. The summed E-state index contributed by atoms with van der Waals surface area (Å²) >= 11 is 0. The fourth-order valence-corrected chi connectivity index (χ4v) is 5.04. The van der Waals surface area contributed by atoms with Crippen LogP contribution in [-0.4, -0.2) is 44.5 Å². The van der Waals surface area contributed by atoms with Crippen molar-refractivity contribution in [3.63, 3.8) is 0 Å². The fourth-order valence-electron chi connectivity index (χ4n) is 2.11. The van der Waals surface area contributed by atoms with Gasteiger partial charge in [0.1, 0.15) is 12.2 Å². The van der Waals surface area contributed by atoms with Crippen molar-refractivity contribution in [2.75, 3.05) is 6.61 Å². The van der Waals surface area contributed by atoms with E-state index in [4.69, 9.17) is 9.63 Å². The third-order valence-electron chi connectivity index (χ3n) is 3.18. The third kappa shape index (κ3) is 13.0. The van der Waals surface area contributed by atoms with E-state index in [1.807, 2.05) is 0 Å². The first-order valence-electron chi connectivity index (χ1n) is 7.07. The smallest absolute Gasteiger partial charge is 0.858 e. The second-order valence-electron chi connectivity index (χ2n) is 5.28. The van der Waals surface area contributed by atoms with Gasteiger partial charge in [0.25, 0.3) is 7.82 Å². The normalized spacial score (nSPS) is 25.8. The first-order valence-corrected chi connectivity index (χ1v) is 11.5. The van der Waals surface area contributed by atoms with Gasteiger partial charge in [-0.05, 0) is 11.9 Å². The molecule has 1 aromatic rings. The number of hydrogen-bond donors (Lipinski definition) is 2. The summed E-state index contributed by atoms with van der Waals surface area (Å²) in [6.45, 7) is -1.23. The van der Waals surface area contributed by atoms with Crippen LogP contribution < -0.4 is 144 Å². The van der Waals surface area contributed by atoms with Gasteiger partial charge >= 0.3 is 132 Å². The molecule has 1 aliphatic rings. The standard InChI is InChI=1S/C9H14FN2O14P3.4Na/c10-6-7(14)4(24-8(6)12-2-1-5(13)11-9(12)15)3-23-28(19,20)26-29(21,22)25-27(16,17)18;;;;/h1-2,4,6-8,14H,3H2,(H,19,20)(H,21,22)(H,11,13,15)(H2,16,17,18);;;;/q;4*+1/p-4/t4-,6-,7-,8-;;;;/m1..../s1. The van der Waals surface area contributed by atoms with Crippen LogP contribution in [0.25, 0.3) is 0 Å². The molecule has 0 bridgehead atoms. The molecular formula is C9H10FN2Na4O14P3. The van der Waals surface area contributed by atoms with Gasteiger partial charge in [-0.1, -0.05) is 0 Å². The molecule has 16 nitrogen and oxygen atoms in total. The summed E-state index contributed by atoms with van der Waals surface area (Å²) in [5, 5.41) is 20.7. The van der Waals surface area contributed by atoms with Gasteiger partial charge < -0.3 is 43.6 Å². The zero-order valence-electron chi connectivity index (χ0n) is 17.6.